The Morgan fingerprint density at radius 3 is 2.80 bits per heavy atom. The van der Waals surface area contributed by atoms with Crippen molar-refractivity contribution in [1.29, 1.82) is 0 Å². The smallest absolute Gasteiger partial charge is 0.238 e. The van der Waals surface area contributed by atoms with Crippen molar-refractivity contribution in [1.82, 2.24) is 15.1 Å². The highest BCUT2D eigenvalue weighted by atomic mass is 32.2. The van der Waals surface area contributed by atoms with E-state index in [2.05, 4.69) is 39.5 Å². The van der Waals surface area contributed by atoms with Gasteiger partial charge < -0.3 is 10.6 Å². The Labute approximate surface area is 185 Å². The minimum atomic E-state index is -0.00596. The van der Waals surface area contributed by atoms with Gasteiger partial charge in [0.2, 0.25) is 11.8 Å². The molecule has 30 heavy (non-hydrogen) atoms. The summed E-state index contributed by atoms with van der Waals surface area (Å²) in [6.07, 6.45) is 3.96. The van der Waals surface area contributed by atoms with Gasteiger partial charge in [0.25, 0.3) is 0 Å². The van der Waals surface area contributed by atoms with E-state index >= 15 is 0 Å². The molecule has 6 nitrogen and oxygen atoms in total. The van der Waals surface area contributed by atoms with E-state index in [0.29, 0.717) is 13.1 Å². The highest BCUT2D eigenvalue weighted by Gasteiger charge is 2.26. The number of nitrogens with zero attached hydrogens (tertiary/aromatic N) is 2. The lowest BCUT2D eigenvalue weighted by molar-refractivity contribution is -0.127. The summed E-state index contributed by atoms with van der Waals surface area (Å²) in [7, 11) is 0. The predicted octanol–water partition coefficient (Wildman–Crippen LogP) is 2.80. The topological polar surface area (TPSA) is 64.7 Å². The highest BCUT2D eigenvalue weighted by molar-refractivity contribution is 7.99. The van der Waals surface area contributed by atoms with Crippen LogP contribution in [0.1, 0.15) is 38.2 Å². The van der Waals surface area contributed by atoms with Crippen LogP contribution in [0.3, 0.4) is 0 Å². The van der Waals surface area contributed by atoms with Gasteiger partial charge in [-0.3, -0.25) is 19.4 Å². The number of carbonyl (C=O) groups excluding carboxylic acids is 2. The minimum Gasteiger partial charge on any atom is -0.356 e. The summed E-state index contributed by atoms with van der Waals surface area (Å²) in [5.41, 5.74) is 2.09. The first kappa shape index (κ1) is 23.1. The summed E-state index contributed by atoms with van der Waals surface area (Å²) in [6.45, 7) is 7.94. The summed E-state index contributed by atoms with van der Waals surface area (Å²) < 4.78 is 0. The van der Waals surface area contributed by atoms with Gasteiger partial charge in [0, 0.05) is 49.9 Å². The summed E-state index contributed by atoms with van der Waals surface area (Å²) in [6, 6.07) is 8.18. The molecule has 3 rings (SSSR count). The fraction of sp³-hybridized carbons (Fsp3) is 0.652. The zero-order chi connectivity index (χ0) is 21.2. The van der Waals surface area contributed by atoms with Crippen molar-refractivity contribution in [2.45, 2.75) is 39.2 Å². The molecular weight excluding hydrogens is 396 g/mol. The summed E-state index contributed by atoms with van der Waals surface area (Å²) >= 11 is 2.02. The molecule has 0 spiro atoms. The first-order chi connectivity index (χ1) is 14.6. The highest BCUT2D eigenvalue weighted by Crippen LogP contribution is 2.18. The van der Waals surface area contributed by atoms with Gasteiger partial charge in [0.15, 0.2) is 0 Å². The van der Waals surface area contributed by atoms with Crippen LogP contribution in [0.15, 0.2) is 24.3 Å². The number of unbranched alkanes of at least 4 members (excludes halogenated alkanes) is 1. The molecule has 2 N–H and O–H groups in total. The number of thioether (sulfide) groups is 1. The van der Waals surface area contributed by atoms with E-state index in [4.69, 9.17) is 0 Å². The van der Waals surface area contributed by atoms with Gasteiger partial charge in [-0.25, -0.2) is 0 Å². The van der Waals surface area contributed by atoms with E-state index in [1.807, 2.05) is 23.9 Å². The van der Waals surface area contributed by atoms with E-state index < -0.39 is 0 Å². The zero-order valence-electron chi connectivity index (χ0n) is 18.2. The van der Waals surface area contributed by atoms with E-state index in [1.165, 1.54) is 17.1 Å². The molecule has 1 atom stereocenters. The third kappa shape index (κ3) is 7.60. The lowest BCUT2D eigenvalue weighted by Crippen LogP contribution is -2.45. The molecule has 0 saturated carbocycles. The monoisotopic (exact) mass is 432 g/mol. The van der Waals surface area contributed by atoms with Gasteiger partial charge in [-0.05, 0) is 43.5 Å². The summed E-state index contributed by atoms with van der Waals surface area (Å²) in [5.74, 6) is 2.52. The van der Waals surface area contributed by atoms with E-state index in [0.717, 1.165) is 64.1 Å². The Hall–Kier alpha value is -1.57. The Balaban J connectivity index is 1.45. The van der Waals surface area contributed by atoms with Crippen LogP contribution in [-0.4, -0.2) is 72.4 Å². The van der Waals surface area contributed by atoms with Crippen molar-refractivity contribution < 1.29 is 9.59 Å². The van der Waals surface area contributed by atoms with Gasteiger partial charge in [-0.2, -0.15) is 11.8 Å². The van der Waals surface area contributed by atoms with E-state index in [9.17, 15) is 9.59 Å². The Morgan fingerprint density at radius 2 is 2.00 bits per heavy atom. The predicted molar refractivity (Wildman–Crippen MR) is 125 cm³/mol. The van der Waals surface area contributed by atoms with E-state index in [1.54, 1.807) is 0 Å². The van der Waals surface area contributed by atoms with Crippen molar-refractivity contribution in [2.24, 2.45) is 5.92 Å². The SMILES string of the molecule is CCCCNC(=O)C1CCCN(CC(=O)Nc2cccc(CN3CCSCC3)c2)C1. The number of carbonyl (C=O) groups is 2. The molecule has 1 unspecified atom stereocenters. The van der Waals surface area contributed by atoms with Crippen LogP contribution in [-0.2, 0) is 16.1 Å². The van der Waals surface area contributed by atoms with Crippen LogP contribution < -0.4 is 10.6 Å². The maximum atomic E-state index is 12.6. The molecule has 0 aromatic heterocycles. The number of anilines is 1. The average molecular weight is 433 g/mol. The molecule has 0 aliphatic carbocycles. The van der Waals surface area contributed by atoms with Gasteiger partial charge in [-0.1, -0.05) is 25.5 Å². The second kappa shape index (κ2) is 12.3. The number of likely N-dealkylation sites (tertiary alicyclic amines) is 1. The number of amides is 2. The average Bonchev–Trinajstić information content (AvgIpc) is 2.75. The van der Waals surface area contributed by atoms with Crippen molar-refractivity contribution in [3.63, 3.8) is 0 Å². The number of hydrogen-bond acceptors (Lipinski definition) is 5. The van der Waals surface area contributed by atoms with Gasteiger partial charge >= 0.3 is 0 Å². The molecule has 2 heterocycles. The number of nitrogens with one attached hydrogen (secondary N) is 2. The Bertz CT molecular complexity index is 694. The number of piperidine rings is 1. The minimum absolute atomic E-state index is 0.00515. The quantitative estimate of drug-likeness (QED) is 0.588. The standard InChI is InChI=1S/C23H36N4O2S/c1-2-3-9-24-23(29)20-7-5-10-27(17-20)18-22(28)25-21-8-4-6-19(15-21)16-26-11-13-30-14-12-26/h4,6,8,15,20H,2-3,5,7,9-14,16-18H2,1H3,(H,24,29)(H,25,28). The lowest BCUT2D eigenvalue weighted by Gasteiger charge is -2.31. The molecule has 1 aromatic rings. The van der Waals surface area contributed by atoms with Crippen molar-refractivity contribution in [3.05, 3.63) is 29.8 Å². The molecule has 2 aliphatic rings. The normalized spacial score (nSPS) is 20.6. The Kier molecular flexibility index (Phi) is 9.49. The second-order valence-corrected chi connectivity index (χ2v) is 9.58. The molecule has 2 amide bonds. The molecule has 1 aromatic carbocycles. The number of hydrogen-bond donors (Lipinski definition) is 2. The maximum Gasteiger partial charge on any atom is 0.238 e. The van der Waals surface area contributed by atoms with Gasteiger partial charge in [0.1, 0.15) is 0 Å². The van der Waals surface area contributed by atoms with Crippen LogP contribution in [0.25, 0.3) is 0 Å². The molecule has 2 fully saturated rings. The molecule has 7 heteroatoms. The summed E-state index contributed by atoms with van der Waals surface area (Å²) in [4.78, 5) is 29.5. The lowest BCUT2D eigenvalue weighted by atomic mass is 9.97. The Morgan fingerprint density at radius 1 is 1.17 bits per heavy atom. The number of benzene rings is 1. The van der Waals surface area contributed by atoms with Crippen LogP contribution in [0.4, 0.5) is 5.69 Å². The number of rotatable bonds is 9. The molecule has 166 valence electrons. The van der Waals surface area contributed by atoms with Crippen LogP contribution in [0, 0.1) is 5.92 Å². The van der Waals surface area contributed by atoms with Crippen molar-refractivity contribution in [3.8, 4) is 0 Å². The van der Waals surface area contributed by atoms with Crippen molar-refractivity contribution >= 4 is 29.3 Å². The summed E-state index contributed by atoms with van der Waals surface area (Å²) in [5, 5.41) is 6.08. The van der Waals surface area contributed by atoms with Gasteiger partial charge in [-0.15, -0.1) is 0 Å². The molecule has 2 aliphatic heterocycles. The third-order valence-electron chi connectivity index (χ3n) is 5.79. The molecular formula is C23H36N4O2S. The van der Waals surface area contributed by atoms with Crippen LogP contribution in [0.2, 0.25) is 0 Å². The molecule has 2 saturated heterocycles. The largest absolute Gasteiger partial charge is 0.356 e. The third-order valence-corrected chi connectivity index (χ3v) is 6.74. The van der Waals surface area contributed by atoms with Crippen LogP contribution >= 0.6 is 11.8 Å². The zero-order valence-corrected chi connectivity index (χ0v) is 19.0. The van der Waals surface area contributed by atoms with Crippen LogP contribution in [0.5, 0.6) is 0 Å². The van der Waals surface area contributed by atoms with Gasteiger partial charge in [0.05, 0.1) is 12.5 Å². The fourth-order valence-electron chi connectivity index (χ4n) is 4.11. The second-order valence-electron chi connectivity index (χ2n) is 8.36. The molecule has 0 radical (unpaired) electrons. The first-order valence-corrected chi connectivity index (χ1v) is 12.5. The fourth-order valence-corrected chi connectivity index (χ4v) is 5.09. The van der Waals surface area contributed by atoms with E-state index in [-0.39, 0.29) is 17.7 Å². The first-order valence-electron chi connectivity index (χ1n) is 11.3. The molecule has 0 bridgehead atoms. The van der Waals surface area contributed by atoms with Crippen molar-refractivity contribution in [2.75, 3.05) is 56.1 Å². The maximum absolute atomic E-state index is 12.6.